The topological polar surface area (TPSA) is 74.6 Å². The summed E-state index contributed by atoms with van der Waals surface area (Å²) in [7, 11) is 1.57. The van der Waals surface area contributed by atoms with Gasteiger partial charge in [0.1, 0.15) is 5.76 Å². The van der Waals surface area contributed by atoms with Crippen molar-refractivity contribution < 1.29 is 27.2 Å². The molecular weight excluding hydrogens is 363 g/mol. The highest BCUT2D eigenvalue weighted by atomic mass is 19.4. The Labute approximate surface area is 154 Å². The normalized spacial score (nSPS) is 12.7. The molecule has 0 saturated carbocycles. The maximum Gasteiger partial charge on any atom is 0.416 e. The zero-order valence-electron chi connectivity index (χ0n) is 14.8. The van der Waals surface area contributed by atoms with Crippen molar-refractivity contribution in [3.63, 3.8) is 0 Å². The summed E-state index contributed by atoms with van der Waals surface area (Å²) in [5, 5.41) is 5.09. The Morgan fingerprint density at radius 3 is 2.59 bits per heavy atom. The Morgan fingerprint density at radius 1 is 1.22 bits per heavy atom. The third-order valence-electron chi connectivity index (χ3n) is 3.93. The number of carbonyl (C=O) groups is 2. The SMILES string of the molecule is C[C@H](C(=O)Nc1cccc(C(F)(F)F)c1)N(C)CC(=O)NCc1ccco1. The molecule has 0 saturated heterocycles. The molecule has 6 nitrogen and oxygen atoms in total. The quantitative estimate of drug-likeness (QED) is 0.771. The van der Waals surface area contributed by atoms with Gasteiger partial charge in [0.15, 0.2) is 0 Å². The van der Waals surface area contributed by atoms with Gasteiger partial charge in [-0.1, -0.05) is 6.07 Å². The standard InChI is InChI=1S/C18H20F3N3O3/c1-12(24(2)11-16(25)22-10-15-7-4-8-27-15)17(26)23-14-6-3-5-13(9-14)18(19,20)21/h3-9,12H,10-11H2,1-2H3,(H,22,25)(H,23,26)/t12-/m1/s1. The molecule has 0 fully saturated rings. The van der Waals surface area contributed by atoms with Crippen molar-refractivity contribution in [1.82, 2.24) is 10.2 Å². The molecule has 0 spiro atoms. The summed E-state index contributed by atoms with van der Waals surface area (Å²) in [6, 6.07) is 7.07. The number of nitrogens with one attached hydrogen (secondary N) is 2. The molecule has 0 radical (unpaired) electrons. The highest BCUT2D eigenvalue weighted by Crippen LogP contribution is 2.30. The number of hydrogen-bond acceptors (Lipinski definition) is 4. The van der Waals surface area contributed by atoms with Crippen LogP contribution in [0.15, 0.2) is 47.1 Å². The number of alkyl halides is 3. The molecule has 1 heterocycles. The van der Waals surface area contributed by atoms with E-state index < -0.39 is 23.7 Å². The molecule has 2 N–H and O–H groups in total. The molecule has 0 aliphatic heterocycles. The lowest BCUT2D eigenvalue weighted by molar-refractivity contribution is -0.137. The first-order valence-corrected chi connectivity index (χ1v) is 8.14. The average molecular weight is 383 g/mol. The average Bonchev–Trinajstić information content (AvgIpc) is 3.12. The van der Waals surface area contributed by atoms with Gasteiger partial charge in [-0.05, 0) is 44.3 Å². The minimum absolute atomic E-state index is 0.0392. The second-order valence-corrected chi connectivity index (χ2v) is 6.01. The summed E-state index contributed by atoms with van der Waals surface area (Å²) in [5.74, 6) is -0.232. The minimum Gasteiger partial charge on any atom is -0.467 e. The van der Waals surface area contributed by atoms with E-state index in [1.807, 2.05) is 0 Å². The van der Waals surface area contributed by atoms with Crippen molar-refractivity contribution in [2.45, 2.75) is 25.7 Å². The maximum absolute atomic E-state index is 12.7. The first-order chi connectivity index (χ1) is 12.7. The number of likely N-dealkylation sites (N-methyl/N-ethyl adjacent to an activating group) is 1. The molecule has 0 aliphatic rings. The zero-order chi connectivity index (χ0) is 20.0. The summed E-state index contributed by atoms with van der Waals surface area (Å²) in [4.78, 5) is 25.7. The van der Waals surface area contributed by atoms with E-state index in [-0.39, 0.29) is 24.7 Å². The van der Waals surface area contributed by atoms with Crippen LogP contribution in [0.5, 0.6) is 0 Å². The molecule has 0 aliphatic carbocycles. The lowest BCUT2D eigenvalue weighted by Crippen LogP contribution is -2.44. The van der Waals surface area contributed by atoms with E-state index in [4.69, 9.17) is 4.42 Å². The van der Waals surface area contributed by atoms with Gasteiger partial charge in [-0.15, -0.1) is 0 Å². The number of amides is 2. The third kappa shape index (κ3) is 6.14. The number of halogens is 3. The smallest absolute Gasteiger partial charge is 0.416 e. The van der Waals surface area contributed by atoms with Crippen LogP contribution in [0.4, 0.5) is 18.9 Å². The number of nitrogens with zero attached hydrogens (tertiary/aromatic N) is 1. The molecule has 2 aromatic rings. The molecule has 1 aromatic heterocycles. The Bertz CT molecular complexity index is 776. The van der Waals surface area contributed by atoms with Crippen LogP contribution in [0.25, 0.3) is 0 Å². The zero-order valence-corrected chi connectivity index (χ0v) is 14.8. The van der Waals surface area contributed by atoms with Gasteiger partial charge in [0, 0.05) is 5.69 Å². The lowest BCUT2D eigenvalue weighted by Gasteiger charge is -2.23. The monoisotopic (exact) mass is 383 g/mol. The van der Waals surface area contributed by atoms with Crippen LogP contribution in [-0.2, 0) is 22.3 Å². The van der Waals surface area contributed by atoms with Crippen molar-refractivity contribution in [3.05, 3.63) is 54.0 Å². The van der Waals surface area contributed by atoms with Crippen molar-refractivity contribution in [3.8, 4) is 0 Å². The number of carbonyl (C=O) groups excluding carboxylic acids is 2. The summed E-state index contributed by atoms with van der Waals surface area (Å²) in [6.45, 7) is 1.73. The molecule has 1 atom stereocenters. The predicted molar refractivity (Wildman–Crippen MR) is 92.7 cm³/mol. The van der Waals surface area contributed by atoms with Crippen molar-refractivity contribution in [1.29, 1.82) is 0 Å². The largest absolute Gasteiger partial charge is 0.467 e. The van der Waals surface area contributed by atoms with Gasteiger partial charge >= 0.3 is 6.18 Å². The maximum atomic E-state index is 12.7. The fourth-order valence-corrected chi connectivity index (χ4v) is 2.24. The number of hydrogen-bond donors (Lipinski definition) is 2. The number of rotatable bonds is 7. The van der Waals surface area contributed by atoms with Crippen LogP contribution in [0.1, 0.15) is 18.2 Å². The van der Waals surface area contributed by atoms with Gasteiger partial charge in [0.05, 0.1) is 31.0 Å². The van der Waals surface area contributed by atoms with Crippen LogP contribution in [0.2, 0.25) is 0 Å². The van der Waals surface area contributed by atoms with E-state index in [1.54, 1.807) is 26.1 Å². The summed E-state index contributed by atoms with van der Waals surface area (Å²) >= 11 is 0. The predicted octanol–water partition coefficient (Wildman–Crippen LogP) is 2.87. The van der Waals surface area contributed by atoms with Crippen molar-refractivity contribution in [2.24, 2.45) is 0 Å². The van der Waals surface area contributed by atoms with Crippen LogP contribution in [0.3, 0.4) is 0 Å². The van der Waals surface area contributed by atoms with E-state index in [0.29, 0.717) is 5.76 Å². The summed E-state index contributed by atoms with van der Waals surface area (Å²) in [5.41, 5.74) is -0.809. The Morgan fingerprint density at radius 2 is 1.96 bits per heavy atom. The van der Waals surface area contributed by atoms with E-state index in [2.05, 4.69) is 10.6 Å². The Balaban J connectivity index is 1.87. The fraction of sp³-hybridized carbons (Fsp3) is 0.333. The molecule has 2 amide bonds. The fourth-order valence-electron chi connectivity index (χ4n) is 2.24. The van der Waals surface area contributed by atoms with E-state index in [1.165, 1.54) is 23.3 Å². The molecule has 9 heteroatoms. The van der Waals surface area contributed by atoms with Gasteiger partial charge in [-0.25, -0.2) is 0 Å². The number of anilines is 1. The Kier molecular flexibility index (Phi) is 6.62. The minimum atomic E-state index is -4.49. The number of benzene rings is 1. The van der Waals surface area contributed by atoms with Gasteiger partial charge in [-0.3, -0.25) is 14.5 Å². The second kappa shape index (κ2) is 8.72. The van der Waals surface area contributed by atoms with Gasteiger partial charge < -0.3 is 15.1 Å². The third-order valence-corrected chi connectivity index (χ3v) is 3.93. The summed E-state index contributed by atoms with van der Waals surface area (Å²) in [6.07, 6.45) is -3.00. The highest BCUT2D eigenvalue weighted by molar-refractivity contribution is 5.95. The molecule has 0 bridgehead atoms. The van der Waals surface area contributed by atoms with Crippen molar-refractivity contribution >= 4 is 17.5 Å². The van der Waals surface area contributed by atoms with E-state index in [0.717, 1.165) is 12.1 Å². The van der Waals surface area contributed by atoms with Gasteiger partial charge in [0.25, 0.3) is 0 Å². The molecule has 0 unspecified atom stereocenters. The van der Waals surface area contributed by atoms with Crippen LogP contribution < -0.4 is 10.6 Å². The van der Waals surface area contributed by atoms with Crippen LogP contribution >= 0.6 is 0 Å². The first-order valence-electron chi connectivity index (χ1n) is 8.14. The summed E-state index contributed by atoms with van der Waals surface area (Å²) < 4.78 is 43.3. The van der Waals surface area contributed by atoms with E-state index in [9.17, 15) is 22.8 Å². The van der Waals surface area contributed by atoms with Gasteiger partial charge in [0.2, 0.25) is 11.8 Å². The second-order valence-electron chi connectivity index (χ2n) is 6.01. The molecule has 27 heavy (non-hydrogen) atoms. The highest BCUT2D eigenvalue weighted by Gasteiger charge is 2.30. The van der Waals surface area contributed by atoms with Crippen LogP contribution in [-0.4, -0.2) is 36.3 Å². The molecule has 1 aromatic carbocycles. The van der Waals surface area contributed by atoms with Crippen LogP contribution in [0, 0.1) is 0 Å². The molecular formula is C18H20F3N3O3. The molecule has 146 valence electrons. The Hall–Kier alpha value is -2.81. The van der Waals surface area contributed by atoms with Gasteiger partial charge in [-0.2, -0.15) is 13.2 Å². The van der Waals surface area contributed by atoms with Crippen molar-refractivity contribution in [2.75, 3.05) is 18.9 Å². The van der Waals surface area contributed by atoms with E-state index >= 15 is 0 Å². The molecule has 2 rings (SSSR count). The lowest BCUT2D eigenvalue weighted by atomic mass is 10.2. The number of furan rings is 1. The first kappa shape index (κ1) is 20.5.